The number of hydrogen-bond donors (Lipinski definition) is 4. The number of carbonyl (C=O) groups is 4. The van der Waals surface area contributed by atoms with E-state index >= 15 is 0 Å². The molecule has 0 bridgehead atoms. The summed E-state index contributed by atoms with van der Waals surface area (Å²) < 4.78 is 12.3. The average Bonchev–Trinajstić information content (AvgIpc) is 3.12. The fourth-order valence-electron chi connectivity index (χ4n) is 5.80. The average molecular weight is 699 g/mol. The highest BCUT2D eigenvalue weighted by Gasteiger charge is 2.38. The highest BCUT2D eigenvalue weighted by molar-refractivity contribution is 6.01. The number of fused-ring (bicyclic) bond motifs is 2. The number of esters is 1. The lowest BCUT2D eigenvalue weighted by Gasteiger charge is -2.36. The van der Waals surface area contributed by atoms with Crippen molar-refractivity contribution in [3.8, 4) is 11.5 Å². The molecule has 0 spiro atoms. The first-order valence-corrected chi connectivity index (χ1v) is 16.8. The molecule has 1 aliphatic carbocycles. The number of phenolic OH excluding ortho intramolecular Hbond substituents is 1. The van der Waals surface area contributed by atoms with Crippen LogP contribution >= 0.6 is 0 Å². The van der Waals surface area contributed by atoms with Gasteiger partial charge in [0.15, 0.2) is 5.78 Å². The first-order valence-electron chi connectivity index (χ1n) is 16.8. The second-order valence-electron chi connectivity index (χ2n) is 11.7. The van der Waals surface area contributed by atoms with Gasteiger partial charge in [0.25, 0.3) is 11.5 Å². The van der Waals surface area contributed by atoms with E-state index in [1.54, 1.807) is 30.3 Å². The lowest BCUT2D eigenvalue weighted by molar-refractivity contribution is -0.116. The molecule has 5 rings (SSSR count). The van der Waals surface area contributed by atoms with Crippen LogP contribution in [0.5, 0.6) is 11.5 Å². The summed E-state index contributed by atoms with van der Waals surface area (Å²) in [6.07, 6.45) is 11.5. The number of nitrogens with one attached hydrogen (secondary N) is 3. The molecule has 51 heavy (non-hydrogen) atoms. The number of phenols is 1. The first-order chi connectivity index (χ1) is 24.5. The number of aromatic amines is 1. The second kappa shape index (κ2) is 17.6. The van der Waals surface area contributed by atoms with E-state index in [0.29, 0.717) is 54.1 Å². The van der Waals surface area contributed by atoms with Crippen molar-refractivity contribution in [3.05, 3.63) is 121 Å². The van der Waals surface area contributed by atoms with Crippen molar-refractivity contribution >= 4 is 29.6 Å². The Kier molecular flexibility index (Phi) is 13.1. The van der Waals surface area contributed by atoms with Crippen molar-refractivity contribution in [1.29, 1.82) is 0 Å². The molecule has 0 saturated carbocycles. The number of aromatic hydroxyl groups is 1. The molecule has 2 atom stereocenters. The van der Waals surface area contributed by atoms with Crippen molar-refractivity contribution in [2.24, 2.45) is 13.0 Å². The Labute approximate surface area is 294 Å². The third-order valence-corrected chi connectivity index (χ3v) is 8.29. The number of H-pyrrole nitrogens is 1. The van der Waals surface area contributed by atoms with Crippen molar-refractivity contribution in [2.45, 2.75) is 45.4 Å². The van der Waals surface area contributed by atoms with Crippen LogP contribution in [-0.4, -0.2) is 58.4 Å². The van der Waals surface area contributed by atoms with Gasteiger partial charge in [-0.25, -0.2) is 9.59 Å². The molecule has 1 aromatic heterocycles. The summed E-state index contributed by atoms with van der Waals surface area (Å²) in [7, 11) is 2.77. The van der Waals surface area contributed by atoms with Crippen molar-refractivity contribution in [2.75, 3.05) is 20.2 Å². The monoisotopic (exact) mass is 698 g/mol. The lowest BCUT2D eigenvalue weighted by atomic mass is 9.74. The van der Waals surface area contributed by atoms with Gasteiger partial charge >= 0.3 is 11.7 Å². The van der Waals surface area contributed by atoms with E-state index in [-0.39, 0.29) is 34.5 Å². The van der Waals surface area contributed by atoms with Gasteiger partial charge in [-0.05, 0) is 54.8 Å². The van der Waals surface area contributed by atoms with Crippen LogP contribution < -0.4 is 26.6 Å². The smallest absolute Gasteiger partial charge is 0.338 e. The molecule has 1 aliphatic heterocycles. The van der Waals surface area contributed by atoms with E-state index < -0.39 is 29.1 Å². The zero-order valence-corrected chi connectivity index (χ0v) is 29.0. The molecular formula is C38H42N4O9. The van der Waals surface area contributed by atoms with Gasteiger partial charge in [-0.1, -0.05) is 38.8 Å². The van der Waals surface area contributed by atoms with Crippen LogP contribution in [0.3, 0.4) is 0 Å². The molecule has 0 saturated heterocycles. The maximum Gasteiger partial charge on any atom is 0.338 e. The summed E-state index contributed by atoms with van der Waals surface area (Å²) in [6, 6.07) is 9.43. The Morgan fingerprint density at radius 3 is 2.43 bits per heavy atom. The van der Waals surface area contributed by atoms with E-state index in [1.807, 2.05) is 13.8 Å². The topological polar surface area (TPSA) is 186 Å². The van der Waals surface area contributed by atoms with Crippen LogP contribution in [-0.2, 0) is 21.4 Å². The number of rotatable bonds is 12. The number of ketones is 1. The summed E-state index contributed by atoms with van der Waals surface area (Å²) in [6.45, 7) is 4.85. The number of amides is 2. The van der Waals surface area contributed by atoms with Gasteiger partial charge in [0.05, 0.1) is 18.2 Å². The fraction of sp³-hybridized carbons (Fsp3) is 0.316. The molecule has 2 aliphatic rings. The summed E-state index contributed by atoms with van der Waals surface area (Å²) in [5.41, 5.74) is 0.871. The zero-order chi connectivity index (χ0) is 37.1. The highest BCUT2D eigenvalue weighted by atomic mass is 16.5. The molecule has 4 N–H and O–H groups in total. The van der Waals surface area contributed by atoms with Crippen molar-refractivity contribution in [3.63, 3.8) is 0 Å². The van der Waals surface area contributed by atoms with E-state index in [0.717, 1.165) is 12.8 Å². The molecule has 2 amide bonds. The number of aryl methyl sites for hydroxylation is 1. The summed E-state index contributed by atoms with van der Waals surface area (Å²) in [5.74, 6) is -1.78. The molecule has 2 aromatic carbocycles. The Morgan fingerprint density at radius 2 is 1.71 bits per heavy atom. The lowest BCUT2D eigenvalue weighted by Crippen LogP contribution is -2.29. The third kappa shape index (κ3) is 9.38. The predicted molar refractivity (Wildman–Crippen MR) is 191 cm³/mol. The minimum absolute atomic E-state index is 0.0223. The van der Waals surface area contributed by atoms with Gasteiger partial charge in [-0.3, -0.25) is 24.2 Å². The number of hydrogen-bond acceptors (Lipinski definition) is 9. The molecule has 2 heterocycles. The number of unbranched alkanes of at least 4 members (excludes halogenated alkanes) is 3. The SMILES string of the molecule is CC.COC(=O)c1ccc(C(=O)NCCCCCCNC(=O)/C=C/c2cn(C)c(=O)[nH]c2=O)cc1C1c2ccc(O)cc2OC2=CC(=O)C=CC21. The molecule has 0 radical (unpaired) electrons. The number of methoxy groups -OCH3 is 1. The van der Waals surface area contributed by atoms with E-state index in [4.69, 9.17) is 9.47 Å². The predicted octanol–water partition coefficient (Wildman–Crippen LogP) is 3.88. The van der Waals surface area contributed by atoms with E-state index in [1.165, 1.54) is 61.4 Å². The molecule has 13 nitrogen and oxygen atoms in total. The minimum Gasteiger partial charge on any atom is -0.508 e. The van der Waals surface area contributed by atoms with Crippen LogP contribution in [0.1, 0.15) is 82.9 Å². The Morgan fingerprint density at radius 1 is 0.980 bits per heavy atom. The fourth-order valence-corrected chi connectivity index (χ4v) is 5.80. The Hall–Kier alpha value is -5.98. The van der Waals surface area contributed by atoms with Crippen molar-refractivity contribution < 1.29 is 33.8 Å². The Bertz CT molecular complexity index is 2000. The summed E-state index contributed by atoms with van der Waals surface area (Å²) >= 11 is 0. The molecule has 13 heteroatoms. The van der Waals surface area contributed by atoms with Crippen LogP contribution in [0.2, 0.25) is 0 Å². The van der Waals surface area contributed by atoms with Crippen LogP contribution in [0.4, 0.5) is 0 Å². The maximum absolute atomic E-state index is 13.2. The summed E-state index contributed by atoms with van der Waals surface area (Å²) in [5, 5.41) is 15.8. The van der Waals surface area contributed by atoms with Crippen LogP contribution in [0, 0.1) is 5.92 Å². The number of nitrogens with zero attached hydrogens (tertiary/aromatic N) is 1. The molecule has 268 valence electrons. The van der Waals surface area contributed by atoms with Crippen LogP contribution in [0.15, 0.2) is 82.2 Å². The van der Waals surface area contributed by atoms with E-state index in [9.17, 15) is 33.9 Å². The largest absolute Gasteiger partial charge is 0.508 e. The van der Waals surface area contributed by atoms with Gasteiger partial charge in [0.2, 0.25) is 5.91 Å². The van der Waals surface area contributed by atoms with Crippen LogP contribution in [0.25, 0.3) is 6.08 Å². The molecular weight excluding hydrogens is 656 g/mol. The third-order valence-electron chi connectivity index (χ3n) is 8.29. The standard InChI is InChI=1S/C36H36N4O9.C2H6/c1-40-20-22(34(45)39-36(40)47)8-14-31(43)37-15-5-3-4-6-16-38-33(44)21-7-11-25(35(46)48-2)28(17-21)32-26-12-9-23(41)18-29(26)49-30-19-24(42)10-13-27(30)32;1-2/h7-14,17-20,26,32,42H,3-6,15-16H2,1-2H3,(H,37,43)(H,38,44)(H,39,45,47);1-2H3/b14-8+;. The normalized spacial score (nSPS) is 15.8. The molecule has 3 aromatic rings. The minimum atomic E-state index is -0.582. The second-order valence-corrected chi connectivity index (χ2v) is 11.7. The number of aromatic nitrogens is 2. The Balaban J connectivity index is 0.00000286. The highest BCUT2D eigenvalue weighted by Crippen LogP contribution is 2.49. The first kappa shape index (κ1) is 37.8. The quantitative estimate of drug-likeness (QED) is 0.124. The summed E-state index contributed by atoms with van der Waals surface area (Å²) in [4.78, 5) is 75.8. The van der Waals surface area contributed by atoms with Gasteiger partial charge in [-0.2, -0.15) is 0 Å². The van der Waals surface area contributed by atoms with Gasteiger partial charge in [-0.15, -0.1) is 0 Å². The molecule has 0 fully saturated rings. The number of allylic oxidation sites excluding steroid dienone is 3. The van der Waals surface area contributed by atoms with Gasteiger partial charge in [0.1, 0.15) is 17.3 Å². The number of benzene rings is 2. The molecule has 2 unspecified atom stereocenters. The van der Waals surface area contributed by atoms with Gasteiger partial charge in [0, 0.05) is 67.5 Å². The number of ether oxygens (including phenoxy) is 2. The number of carbonyl (C=O) groups excluding carboxylic acids is 4. The maximum atomic E-state index is 13.2. The van der Waals surface area contributed by atoms with Gasteiger partial charge < -0.3 is 29.8 Å². The van der Waals surface area contributed by atoms with E-state index in [2.05, 4.69) is 15.6 Å². The zero-order valence-electron chi connectivity index (χ0n) is 29.0. The van der Waals surface area contributed by atoms with Crippen molar-refractivity contribution in [1.82, 2.24) is 20.2 Å².